The zero-order valence-corrected chi connectivity index (χ0v) is 11.2. The Labute approximate surface area is 106 Å². The summed E-state index contributed by atoms with van der Waals surface area (Å²) in [5.41, 5.74) is 6.59. The van der Waals surface area contributed by atoms with Gasteiger partial charge in [0.05, 0.1) is 0 Å². The van der Waals surface area contributed by atoms with Gasteiger partial charge in [-0.1, -0.05) is 12.8 Å². The van der Waals surface area contributed by atoms with Crippen LogP contribution in [0.15, 0.2) is 0 Å². The maximum Gasteiger partial charge on any atom is 0.0166 e. The van der Waals surface area contributed by atoms with Crippen molar-refractivity contribution in [1.29, 1.82) is 0 Å². The summed E-state index contributed by atoms with van der Waals surface area (Å²) in [6, 6.07) is 0.918. The van der Waals surface area contributed by atoms with Crippen molar-refractivity contribution in [3.8, 4) is 0 Å². The van der Waals surface area contributed by atoms with Gasteiger partial charge in [0.25, 0.3) is 0 Å². The van der Waals surface area contributed by atoms with Crippen LogP contribution >= 0.6 is 0 Å². The number of hydrogen-bond acceptors (Lipinski definition) is 2. The third-order valence-electron chi connectivity index (χ3n) is 5.60. The molecule has 98 valence electrons. The predicted molar refractivity (Wildman–Crippen MR) is 71.9 cm³/mol. The van der Waals surface area contributed by atoms with E-state index >= 15 is 0 Å². The Bertz CT molecular complexity index is 258. The third-order valence-corrected chi connectivity index (χ3v) is 5.60. The van der Waals surface area contributed by atoms with Crippen LogP contribution in [0.4, 0.5) is 0 Å². The fourth-order valence-electron chi connectivity index (χ4n) is 4.25. The molecule has 2 nitrogen and oxygen atoms in total. The van der Waals surface area contributed by atoms with Gasteiger partial charge in [-0.25, -0.2) is 0 Å². The Balaban J connectivity index is 1.54. The summed E-state index contributed by atoms with van der Waals surface area (Å²) in [6.45, 7) is 2.62. The molecule has 0 aromatic heterocycles. The molecular weight excluding hydrogens is 208 g/mol. The molecular formula is C15H28N2. The van der Waals surface area contributed by atoms with E-state index in [-0.39, 0.29) is 5.54 Å². The highest BCUT2D eigenvalue weighted by Crippen LogP contribution is 2.37. The van der Waals surface area contributed by atoms with E-state index in [0.29, 0.717) is 0 Å². The first-order chi connectivity index (χ1) is 8.27. The smallest absolute Gasteiger partial charge is 0.0166 e. The van der Waals surface area contributed by atoms with Gasteiger partial charge in [0, 0.05) is 18.1 Å². The summed E-state index contributed by atoms with van der Waals surface area (Å²) in [6.07, 6.45) is 14.0. The number of fused-ring (bicyclic) bond motifs is 1. The molecule has 1 aliphatic heterocycles. The highest BCUT2D eigenvalue weighted by molar-refractivity contribution is 4.95. The molecule has 0 aromatic carbocycles. The summed E-state index contributed by atoms with van der Waals surface area (Å²) < 4.78 is 0. The second-order valence-corrected chi connectivity index (χ2v) is 6.76. The molecule has 0 unspecified atom stereocenters. The maximum atomic E-state index is 6.36. The van der Waals surface area contributed by atoms with Crippen molar-refractivity contribution in [1.82, 2.24) is 4.90 Å². The van der Waals surface area contributed by atoms with Crippen molar-refractivity contribution in [3.05, 3.63) is 0 Å². The first kappa shape index (κ1) is 12.0. The topological polar surface area (TPSA) is 29.3 Å². The Morgan fingerprint density at radius 1 is 1.00 bits per heavy atom. The van der Waals surface area contributed by atoms with E-state index in [4.69, 9.17) is 5.73 Å². The lowest BCUT2D eigenvalue weighted by Gasteiger charge is -2.46. The molecule has 0 bridgehead atoms. The Morgan fingerprint density at radius 2 is 1.76 bits per heavy atom. The highest BCUT2D eigenvalue weighted by Gasteiger charge is 2.36. The predicted octanol–water partition coefficient (Wildman–Crippen LogP) is 2.91. The number of likely N-dealkylation sites (tertiary alicyclic amines) is 1. The molecule has 3 aliphatic rings. The second-order valence-electron chi connectivity index (χ2n) is 6.76. The average Bonchev–Trinajstić information content (AvgIpc) is 2.34. The molecule has 1 saturated heterocycles. The standard InChI is InChI=1S/C15H28N2/c16-15(8-4-9-15)10-12-17-11-3-6-13-5-1-2-7-14(13)17/h13-14H,1-12,16H2/t13-,14-/m1/s1. The molecule has 2 aliphatic carbocycles. The molecule has 3 rings (SSSR count). The van der Waals surface area contributed by atoms with Gasteiger partial charge in [0.2, 0.25) is 0 Å². The molecule has 2 saturated carbocycles. The van der Waals surface area contributed by atoms with Crippen LogP contribution in [0.25, 0.3) is 0 Å². The molecule has 0 amide bonds. The van der Waals surface area contributed by atoms with Gasteiger partial charge in [-0.2, -0.15) is 0 Å². The number of nitrogens with zero attached hydrogens (tertiary/aromatic N) is 1. The minimum absolute atomic E-state index is 0.224. The van der Waals surface area contributed by atoms with Crippen LogP contribution in [0.3, 0.4) is 0 Å². The van der Waals surface area contributed by atoms with Crippen LogP contribution in [0.1, 0.15) is 64.2 Å². The number of hydrogen-bond donors (Lipinski definition) is 1. The monoisotopic (exact) mass is 236 g/mol. The maximum absolute atomic E-state index is 6.36. The van der Waals surface area contributed by atoms with Gasteiger partial charge in [-0.3, -0.25) is 0 Å². The molecule has 0 spiro atoms. The summed E-state index contributed by atoms with van der Waals surface area (Å²) >= 11 is 0. The van der Waals surface area contributed by atoms with Crippen molar-refractivity contribution >= 4 is 0 Å². The minimum atomic E-state index is 0.224. The van der Waals surface area contributed by atoms with E-state index in [2.05, 4.69) is 4.90 Å². The second kappa shape index (κ2) is 4.89. The fourth-order valence-corrected chi connectivity index (χ4v) is 4.25. The lowest BCUT2D eigenvalue weighted by molar-refractivity contribution is 0.0489. The Morgan fingerprint density at radius 3 is 2.53 bits per heavy atom. The minimum Gasteiger partial charge on any atom is -0.325 e. The fraction of sp³-hybridized carbons (Fsp3) is 1.00. The zero-order chi connectivity index (χ0) is 11.7. The molecule has 0 radical (unpaired) electrons. The Hall–Kier alpha value is -0.0800. The third kappa shape index (κ3) is 2.53. The summed E-state index contributed by atoms with van der Waals surface area (Å²) in [5.74, 6) is 1.02. The van der Waals surface area contributed by atoms with Crippen molar-refractivity contribution in [2.45, 2.75) is 75.8 Å². The number of rotatable bonds is 3. The van der Waals surface area contributed by atoms with Gasteiger partial charge in [-0.15, -0.1) is 0 Å². The van der Waals surface area contributed by atoms with Crippen molar-refractivity contribution in [2.75, 3.05) is 13.1 Å². The van der Waals surface area contributed by atoms with Gasteiger partial charge >= 0.3 is 0 Å². The highest BCUT2D eigenvalue weighted by atomic mass is 15.2. The van der Waals surface area contributed by atoms with E-state index in [9.17, 15) is 0 Å². The molecule has 2 N–H and O–H groups in total. The molecule has 17 heavy (non-hydrogen) atoms. The zero-order valence-electron chi connectivity index (χ0n) is 11.2. The molecule has 1 heterocycles. The first-order valence-electron chi connectivity index (χ1n) is 7.80. The van der Waals surface area contributed by atoms with E-state index < -0.39 is 0 Å². The number of nitrogens with two attached hydrogens (primary N) is 1. The molecule has 2 heteroatoms. The Kier molecular flexibility index (Phi) is 3.45. The molecule has 3 fully saturated rings. The first-order valence-corrected chi connectivity index (χ1v) is 7.80. The van der Waals surface area contributed by atoms with Crippen molar-refractivity contribution in [3.63, 3.8) is 0 Å². The largest absolute Gasteiger partial charge is 0.325 e. The summed E-state index contributed by atoms with van der Waals surface area (Å²) in [7, 11) is 0. The normalized spacial score (nSPS) is 37.2. The summed E-state index contributed by atoms with van der Waals surface area (Å²) in [5, 5.41) is 0. The van der Waals surface area contributed by atoms with Crippen LogP contribution in [-0.4, -0.2) is 29.6 Å². The lowest BCUT2D eigenvalue weighted by atomic mass is 9.74. The van der Waals surface area contributed by atoms with Crippen molar-refractivity contribution < 1.29 is 0 Å². The SMILES string of the molecule is NC1(CCN2CCC[C@H]3CCCC[C@H]32)CCC1. The van der Waals surface area contributed by atoms with Gasteiger partial charge in [-0.05, 0) is 63.8 Å². The quantitative estimate of drug-likeness (QED) is 0.816. The van der Waals surface area contributed by atoms with E-state index in [0.717, 1.165) is 12.0 Å². The van der Waals surface area contributed by atoms with Crippen LogP contribution < -0.4 is 5.73 Å². The van der Waals surface area contributed by atoms with Crippen molar-refractivity contribution in [2.24, 2.45) is 11.7 Å². The number of piperidine rings is 1. The van der Waals surface area contributed by atoms with Crippen LogP contribution in [0, 0.1) is 5.92 Å². The lowest BCUT2D eigenvalue weighted by Crippen LogP contribution is -2.52. The van der Waals surface area contributed by atoms with E-state index in [1.807, 2.05) is 0 Å². The van der Waals surface area contributed by atoms with E-state index in [1.54, 1.807) is 0 Å². The summed E-state index contributed by atoms with van der Waals surface area (Å²) in [4.78, 5) is 2.79. The van der Waals surface area contributed by atoms with Crippen LogP contribution in [0.2, 0.25) is 0 Å². The average molecular weight is 236 g/mol. The van der Waals surface area contributed by atoms with Gasteiger partial charge < -0.3 is 10.6 Å². The molecule has 0 aromatic rings. The van der Waals surface area contributed by atoms with Crippen LogP contribution in [-0.2, 0) is 0 Å². The van der Waals surface area contributed by atoms with Crippen LogP contribution in [0.5, 0.6) is 0 Å². The molecule has 2 atom stereocenters. The van der Waals surface area contributed by atoms with E-state index in [1.165, 1.54) is 77.3 Å². The van der Waals surface area contributed by atoms with Gasteiger partial charge in [0.15, 0.2) is 0 Å². The van der Waals surface area contributed by atoms with Gasteiger partial charge in [0.1, 0.15) is 0 Å².